The third kappa shape index (κ3) is 5.64. The van der Waals surface area contributed by atoms with Gasteiger partial charge in [0, 0.05) is 30.5 Å². The predicted molar refractivity (Wildman–Crippen MR) is 134 cm³/mol. The molecule has 1 saturated carbocycles. The number of halogens is 1. The van der Waals surface area contributed by atoms with Crippen LogP contribution in [-0.4, -0.2) is 82.2 Å². The van der Waals surface area contributed by atoms with Gasteiger partial charge in [0.15, 0.2) is 0 Å². The number of anilines is 1. The molecule has 3 atom stereocenters. The molecule has 0 aromatic heterocycles. The number of hydrogen-bond donors (Lipinski definition) is 1. The monoisotopic (exact) mass is 527 g/mol. The van der Waals surface area contributed by atoms with Crippen LogP contribution in [0, 0.1) is 5.82 Å². The molecule has 3 fully saturated rings. The summed E-state index contributed by atoms with van der Waals surface area (Å²) in [6.07, 6.45) is 8.13. The molecule has 1 aromatic rings. The molecule has 5 rings (SSSR count). The number of carbonyl (C=O) groups excluding carboxylic acids is 1. The van der Waals surface area contributed by atoms with Crippen molar-refractivity contribution in [2.24, 2.45) is 0 Å². The maximum Gasteiger partial charge on any atom is 0.407 e. The average Bonchev–Trinajstić information content (AvgIpc) is 3.35. The number of hydrogen-bond acceptors (Lipinski definition) is 6. The van der Waals surface area contributed by atoms with Crippen molar-refractivity contribution < 1.29 is 32.6 Å². The lowest BCUT2D eigenvalue weighted by atomic mass is 9.74. The van der Waals surface area contributed by atoms with E-state index in [1.54, 1.807) is 6.07 Å². The van der Waals surface area contributed by atoms with Crippen LogP contribution < -0.4 is 9.62 Å². The number of benzene rings is 1. The first-order valence-corrected chi connectivity index (χ1v) is 14.7. The Bertz CT molecular complexity index is 1040. The number of nitrogens with one attached hydrogen (secondary N) is 1. The first kappa shape index (κ1) is 27.1. The van der Waals surface area contributed by atoms with Crippen molar-refractivity contribution in [3.8, 4) is 0 Å². The lowest BCUT2D eigenvalue weighted by Crippen LogP contribution is -2.50. The number of rotatable bonds is 4. The van der Waals surface area contributed by atoms with Crippen LogP contribution in [0.3, 0.4) is 0 Å². The highest BCUT2D eigenvalue weighted by atomic mass is 32.2. The lowest BCUT2D eigenvalue weighted by molar-refractivity contribution is 0.0768. The van der Waals surface area contributed by atoms with Crippen molar-refractivity contribution in [2.45, 2.75) is 75.0 Å². The van der Waals surface area contributed by atoms with E-state index < -0.39 is 10.0 Å². The Hall–Kier alpha value is -1.95. The molecular weight excluding hydrogens is 489 g/mol. The summed E-state index contributed by atoms with van der Waals surface area (Å²) >= 11 is 0. The fourth-order valence-corrected chi connectivity index (χ4v) is 7.39. The van der Waals surface area contributed by atoms with E-state index in [1.807, 2.05) is 0 Å². The van der Waals surface area contributed by atoms with Crippen molar-refractivity contribution >= 4 is 21.8 Å². The van der Waals surface area contributed by atoms with Crippen molar-refractivity contribution in [3.05, 3.63) is 29.6 Å². The summed E-state index contributed by atoms with van der Waals surface area (Å²) in [6, 6.07) is 4.91. The van der Waals surface area contributed by atoms with Crippen molar-refractivity contribution in [2.75, 3.05) is 43.4 Å². The molecule has 1 amide bonds. The Labute approximate surface area is 212 Å². The van der Waals surface area contributed by atoms with Crippen LogP contribution in [0.2, 0.25) is 0 Å². The van der Waals surface area contributed by atoms with Crippen LogP contribution in [-0.2, 0) is 24.9 Å². The van der Waals surface area contributed by atoms with Gasteiger partial charge < -0.3 is 25.2 Å². The van der Waals surface area contributed by atoms with Gasteiger partial charge in [0.2, 0.25) is 10.0 Å². The fourth-order valence-electron chi connectivity index (χ4n) is 6.39. The number of alkyl carbamates (subject to hydrolysis) is 1. The van der Waals surface area contributed by atoms with Gasteiger partial charge in [-0.25, -0.2) is 17.6 Å². The van der Waals surface area contributed by atoms with Gasteiger partial charge in [0.05, 0.1) is 25.2 Å². The molecule has 202 valence electrons. The van der Waals surface area contributed by atoms with Crippen LogP contribution in [0.4, 0.5) is 14.9 Å². The maximum atomic E-state index is 14.2. The third-order valence-corrected chi connectivity index (χ3v) is 9.42. The quantitative estimate of drug-likeness (QED) is 0.600. The second-order valence-electron chi connectivity index (χ2n) is 10.7. The van der Waals surface area contributed by atoms with Crippen LogP contribution in [0.25, 0.3) is 0 Å². The molecule has 9 nitrogen and oxygen atoms in total. The summed E-state index contributed by atoms with van der Waals surface area (Å²) in [6.45, 7) is 3.15. The Morgan fingerprint density at radius 3 is 2.64 bits per heavy atom. The largest absolute Gasteiger partial charge is 0.444 e. The summed E-state index contributed by atoms with van der Waals surface area (Å²) in [5.41, 5.74) is 1.08. The molecule has 2 unspecified atom stereocenters. The van der Waals surface area contributed by atoms with Gasteiger partial charge in [-0.2, -0.15) is 0 Å². The minimum Gasteiger partial charge on any atom is -0.444 e. The topological polar surface area (TPSA) is 120 Å². The predicted octanol–water partition coefficient (Wildman–Crippen LogP) is 2.33. The zero-order valence-corrected chi connectivity index (χ0v) is 21.7. The van der Waals surface area contributed by atoms with Crippen molar-refractivity contribution in [3.63, 3.8) is 0 Å². The van der Waals surface area contributed by atoms with Gasteiger partial charge in [-0.15, -0.1) is 0 Å². The molecular formula is C25H38FN3O6S. The van der Waals surface area contributed by atoms with E-state index in [0.29, 0.717) is 31.5 Å². The highest BCUT2D eigenvalue weighted by molar-refractivity contribution is 7.92. The lowest BCUT2D eigenvalue weighted by Gasteiger charge is -2.43. The van der Waals surface area contributed by atoms with Crippen LogP contribution in [0.1, 0.15) is 56.9 Å². The normalized spacial score (nSPS) is 28.3. The Balaban J connectivity index is 0.00000304. The molecule has 11 heteroatoms. The molecule has 0 bridgehead atoms. The standard InChI is InChI=1S/C25H36FN3O5S.H2O/c1-35(31,32)29-17-25(22-14-18(26)6-7-23(22)29)9-11-28(12-10-25)20-5-3-2-4-19(15-20)27-24(30)34-21-8-13-33-16-21;/h6-7,14,19-21H,2-5,8-13,15-17H2,1H3,(H,27,30);1H2/t19?,20?,21-;/m0./s1. The van der Waals surface area contributed by atoms with E-state index in [2.05, 4.69) is 10.2 Å². The molecule has 3 aliphatic heterocycles. The van der Waals surface area contributed by atoms with Crippen LogP contribution in [0.15, 0.2) is 18.2 Å². The molecule has 3 N–H and O–H groups in total. The van der Waals surface area contributed by atoms with Gasteiger partial charge in [-0.3, -0.25) is 4.31 Å². The van der Waals surface area contributed by atoms with Gasteiger partial charge >= 0.3 is 6.09 Å². The molecule has 1 aromatic carbocycles. The molecule has 36 heavy (non-hydrogen) atoms. The zero-order chi connectivity index (χ0) is 24.6. The average molecular weight is 528 g/mol. The van der Waals surface area contributed by atoms with Gasteiger partial charge in [0.25, 0.3) is 0 Å². The number of amides is 1. The smallest absolute Gasteiger partial charge is 0.407 e. The van der Waals surface area contributed by atoms with Crippen LogP contribution >= 0.6 is 0 Å². The molecule has 1 aliphatic carbocycles. The molecule has 0 radical (unpaired) electrons. The van der Waals surface area contributed by atoms with E-state index in [1.165, 1.54) is 22.7 Å². The number of sulfonamides is 1. The fraction of sp³-hybridized carbons (Fsp3) is 0.720. The number of ether oxygens (including phenoxy) is 2. The second kappa shape index (κ2) is 10.8. The van der Waals surface area contributed by atoms with E-state index in [-0.39, 0.29) is 34.9 Å². The van der Waals surface area contributed by atoms with Crippen molar-refractivity contribution in [1.82, 2.24) is 10.2 Å². The van der Waals surface area contributed by atoms with E-state index in [4.69, 9.17) is 9.47 Å². The number of likely N-dealkylation sites (tertiary alicyclic amines) is 1. The molecule has 1 spiro atoms. The van der Waals surface area contributed by atoms with Gasteiger partial charge in [0.1, 0.15) is 11.9 Å². The minimum atomic E-state index is -3.43. The number of nitrogens with zero attached hydrogens (tertiary/aromatic N) is 2. The van der Waals surface area contributed by atoms with Gasteiger partial charge in [-0.1, -0.05) is 12.8 Å². The Morgan fingerprint density at radius 1 is 1.19 bits per heavy atom. The second-order valence-corrected chi connectivity index (χ2v) is 12.6. The molecule has 4 aliphatic rings. The maximum absolute atomic E-state index is 14.2. The highest BCUT2D eigenvalue weighted by Crippen LogP contribution is 2.48. The number of piperidine rings is 1. The van der Waals surface area contributed by atoms with E-state index >= 15 is 0 Å². The summed E-state index contributed by atoms with van der Waals surface area (Å²) < 4.78 is 51.3. The molecule has 3 heterocycles. The Morgan fingerprint density at radius 2 is 1.94 bits per heavy atom. The van der Waals surface area contributed by atoms with Crippen LogP contribution in [0.5, 0.6) is 0 Å². The number of fused-ring (bicyclic) bond motifs is 2. The minimum absolute atomic E-state index is 0. The zero-order valence-electron chi connectivity index (χ0n) is 20.9. The SMILES string of the molecule is CS(=O)(=O)N1CC2(CCN(C3CCCCC(NC(=O)O[C@H]4CCOC4)C3)CC2)c2cc(F)ccc21.O. The Kier molecular flexibility index (Phi) is 8.13. The van der Waals surface area contributed by atoms with Crippen molar-refractivity contribution in [1.29, 1.82) is 0 Å². The van der Waals surface area contributed by atoms with Gasteiger partial charge in [-0.05, 0) is 69.0 Å². The molecule has 2 saturated heterocycles. The van der Waals surface area contributed by atoms with E-state index in [0.717, 1.165) is 70.0 Å². The summed E-state index contributed by atoms with van der Waals surface area (Å²) in [4.78, 5) is 14.9. The third-order valence-electron chi connectivity index (χ3n) is 8.30. The number of carbonyl (C=O) groups is 1. The summed E-state index contributed by atoms with van der Waals surface area (Å²) in [5.74, 6) is -0.324. The summed E-state index contributed by atoms with van der Waals surface area (Å²) in [5, 5.41) is 3.09. The van der Waals surface area contributed by atoms with E-state index in [9.17, 15) is 17.6 Å². The first-order chi connectivity index (χ1) is 16.7. The highest BCUT2D eigenvalue weighted by Gasteiger charge is 2.48. The summed E-state index contributed by atoms with van der Waals surface area (Å²) in [7, 11) is -3.43. The first-order valence-electron chi connectivity index (χ1n) is 12.8.